The Bertz CT molecular complexity index is 446. The Hall–Kier alpha value is -1.63. The normalized spacial score (nSPS) is 30.7. The van der Waals surface area contributed by atoms with Crippen LogP contribution >= 0.6 is 0 Å². The van der Waals surface area contributed by atoms with Crippen molar-refractivity contribution in [1.82, 2.24) is 0 Å². The number of ether oxygens (including phenoxy) is 4. The Labute approximate surface area is 136 Å². The van der Waals surface area contributed by atoms with Crippen LogP contribution < -0.4 is 0 Å². The number of rotatable bonds is 5. The summed E-state index contributed by atoms with van der Waals surface area (Å²) in [7, 11) is 0. The Morgan fingerprint density at radius 1 is 0.957 bits per heavy atom. The molecular formula is C16H26O7. The standard InChI is InChI=1S/C16H26O7/c1-8(2)14-9(3)15(21-11(5)18)16(22-12(6)19)13(23-14)7-20-10(4)17/h8-9,13-16H,7H2,1-6H3/t9-,13+,14-,15+,16+/m0/s1. The summed E-state index contributed by atoms with van der Waals surface area (Å²) in [6.45, 7) is 9.65. The minimum absolute atomic E-state index is 0.0685. The number of hydrogen-bond donors (Lipinski definition) is 0. The molecule has 1 aliphatic heterocycles. The van der Waals surface area contributed by atoms with Crippen LogP contribution in [0.4, 0.5) is 0 Å². The third kappa shape index (κ3) is 5.49. The monoisotopic (exact) mass is 330 g/mol. The van der Waals surface area contributed by atoms with Gasteiger partial charge in [0.05, 0.1) is 6.10 Å². The summed E-state index contributed by atoms with van der Waals surface area (Å²) in [5.74, 6) is -1.45. The average Bonchev–Trinajstić information content (AvgIpc) is 2.40. The predicted octanol–water partition coefficient (Wildman–Crippen LogP) is 1.47. The van der Waals surface area contributed by atoms with Gasteiger partial charge < -0.3 is 18.9 Å². The van der Waals surface area contributed by atoms with Gasteiger partial charge in [0.25, 0.3) is 0 Å². The van der Waals surface area contributed by atoms with Gasteiger partial charge in [-0.05, 0) is 5.92 Å². The summed E-state index contributed by atoms with van der Waals surface area (Å²) in [5, 5.41) is 0. The van der Waals surface area contributed by atoms with Gasteiger partial charge in [0.2, 0.25) is 0 Å². The first-order chi connectivity index (χ1) is 10.6. The number of hydrogen-bond acceptors (Lipinski definition) is 7. The molecule has 0 amide bonds. The highest BCUT2D eigenvalue weighted by molar-refractivity contribution is 5.67. The van der Waals surface area contributed by atoms with Crippen LogP contribution in [-0.2, 0) is 33.3 Å². The van der Waals surface area contributed by atoms with Gasteiger partial charge in [-0.15, -0.1) is 0 Å². The molecule has 1 fully saturated rings. The quantitative estimate of drug-likeness (QED) is 0.557. The van der Waals surface area contributed by atoms with Crippen LogP contribution in [0.3, 0.4) is 0 Å². The lowest BCUT2D eigenvalue weighted by atomic mass is 9.83. The molecule has 0 spiro atoms. The number of esters is 3. The van der Waals surface area contributed by atoms with Crippen molar-refractivity contribution in [3.05, 3.63) is 0 Å². The molecular weight excluding hydrogens is 304 g/mol. The van der Waals surface area contributed by atoms with E-state index in [4.69, 9.17) is 18.9 Å². The second kappa shape index (κ2) is 8.29. The van der Waals surface area contributed by atoms with Gasteiger partial charge in [-0.25, -0.2) is 0 Å². The van der Waals surface area contributed by atoms with Gasteiger partial charge in [0.1, 0.15) is 18.8 Å². The van der Waals surface area contributed by atoms with E-state index >= 15 is 0 Å². The van der Waals surface area contributed by atoms with E-state index in [1.54, 1.807) is 0 Å². The second-order valence-corrected chi connectivity index (χ2v) is 6.19. The molecule has 0 radical (unpaired) electrons. The molecule has 132 valence electrons. The van der Waals surface area contributed by atoms with E-state index in [2.05, 4.69) is 0 Å². The van der Waals surface area contributed by atoms with Gasteiger partial charge in [-0.2, -0.15) is 0 Å². The molecule has 0 N–H and O–H groups in total. The first-order valence-corrected chi connectivity index (χ1v) is 7.76. The maximum absolute atomic E-state index is 11.4. The molecule has 1 aliphatic rings. The number of carbonyl (C=O) groups excluding carboxylic acids is 3. The fourth-order valence-corrected chi connectivity index (χ4v) is 2.90. The summed E-state index contributed by atoms with van der Waals surface area (Å²) in [5.41, 5.74) is 0. The molecule has 0 aromatic rings. The SMILES string of the molecule is CC(=O)OC[C@H]1O[C@@H](C(C)C)[C@H](C)[C@@H](OC(C)=O)[C@@H]1OC(C)=O. The Balaban J connectivity index is 3.07. The molecule has 7 heteroatoms. The lowest BCUT2D eigenvalue weighted by Gasteiger charge is -2.45. The highest BCUT2D eigenvalue weighted by Gasteiger charge is 2.48. The third-order valence-electron chi connectivity index (χ3n) is 3.77. The molecule has 1 rings (SSSR count). The smallest absolute Gasteiger partial charge is 0.303 e. The predicted molar refractivity (Wildman–Crippen MR) is 80.4 cm³/mol. The van der Waals surface area contributed by atoms with Gasteiger partial charge in [-0.3, -0.25) is 14.4 Å². The molecule has 0 aromatic heterocycles. The minimum atomic E-state index is -0.819. The largest absolute Gasteiger partial charge is 0.463 e. The minimum Gasteiger partial charge on any atom is -0.463 e. The van der Waals surface area contributed by atoms with Crippen molar-refractivity contribution in [2.75, 3.05) is 6.61 Å². The number of carbonyl (C=O) groups is 3. The third-order valence-corrected chi connectivity index (χ3v) is 3.77. The summed E-state index contributed by atoms with van der Waals surface area (Å²) in [6, 6.07) is 0. The fraction of sp³-hybridized carbons (Fsp3) is 0.812. The zero-order chi connectivity index (χ0) is 17.7. The molecule has 0 aliphatic carbocycles. The van der Waals surface area contributed by atoms with Crippen molar-refractivity contribution in [3.8, 4) is 0 Å². The van der Waals surface area contributed by atoms with E-state index in [9.17, 15) is 14.4 Å². The summed E-state index contributed by atoms with van der Waals surface area (Å²) in [4.78, 5) is 34.0. The van der Waals surface area contributed by atoms with E-state index < -0.39 is 36.2 Å². The van der Waals surface area contributed by atoms with Crippen LogP contribution in [0.5, 0.6) is 0 Å². The van der Waals surface area contributed by atoms with E-state index in [0.29, 0.717) is 0 Å². The van der Waals surface area contributed by atoms with Gasteiger partial charge in [0.15, 0.2) is 6.10 Å². The lowest BCUT2D eigenvalue weighted by molar-refractivity contribution is -0.237. The lowest BCUT2D eigenvalue weighted by Crippen LogP contribution is -2.59. The van der Waals surface area contributed by atoms with E-state index in [1.807, 2.05) is 20.8 Å². The summed E-state index contributed by atoms with van der Waals surface area (Å²) < 4.78 is 21.7. The molecule has 23 heavy (non-hydrogen) atoms. The van der Waals surface area contributed by atoms with Crippen molar-refractivity contribution in [1.29, 1.82) is 0 Å². The fourth-order valence-electron chi connectivity index (χ4n) is 2.90. The van der Waals surface area contributed by atoms with Crippen molar-refractivity contribution < 1.29 is 33.3 Å². The highest BCUT2D eigenvalue weighted by atomic mass is 16.6. The molecule has 0 unspecified atom stereocenters. The maximum atomic E-state index is 11.4. The average molecular weight is 330 g/mol. The Morgan fingerprint density at radius 3 is 1.91 bits per heavy atom. The van der Waals surface area contributed by atoms with Crippen LogP contribution in [0, 0.1) is 11.8 Å². The highest BCUT2D eigenvalue weighted by Crippen LogP contribution is 2.34. The van der Waals surface area contributed by atoms with Crippen molar-refractivity contribution in [2.45, 2.75) is 66.0 Å². The molecule has 0 bridgehead atoms. The Kier molecular flexibility index (Phi) is 7.00. The van der Waals surface area contributed by atoms with Crippen LogP contribution in [0.2, 0.25) is 0 Å². The van der Waals surface area contributed by atoms with Crippen LogP contribution in [0.1, 0.15) is 41.5 Å². The van der Waals surface area contributed by atoms with Gasteiger partial charge in [-0.1, -0.05) is 20.8 Å². The zero-order valence-corrected chi connectivity index (χ0v) is 14.5. The van der Waals surface area contributed by atoms with Gasteiger partial charge >= 0.3 is 17.9 Å². The van der Waals surface area contributed by atoms with Crippen molar-refractivity contribution in [2.24, 2.45) is 11.8 Å². The maximum Gasteiger partial charge on any atom is 0.303 e. The summed E-state index contributed by atoms with van der Waals surface area (Å²) >= 11 is 0. The van der Waals surface area contributed by atoms with E-state index in [0.717, 1.165) is 0 Å². The van der Waals surface area contributed by atoms with Crippen molar-refractivity contribution >= 4 is 17.9 Å². The first kappa shape index (κ1) is 19.4. The molecule has 5 atom stereocenters. The van der Waals surface area contributed by atoms with E-state index in [1.165, 1.54) is 20.8 Å². The molecule has 7 nitrogen and oxygen atoms in total. The molecule has 1 saturated heterocycles. The zero-order valence-electron chi connectivity index (χ0n) is 14.5. The van der Waals surface area contributed by atoms with Crippen LogP contribution in [-0.4, -0.2) is 48.9 Å². The molecule has 1 heterocycles. The van der Waals surface area contributed by atoms with Gasteiger partial charge in [0, 0.05) is 26.7 Å². The molecule has 0 saturated carbocycles. The van der Waals surface area contributed by atoms with E-state index in [-0.39, 0.29) is 24.5 Å². The first-order valence-electron chi connectivity index (χ1n) is 7.76. The molecule has 0 aromatic carbocycles. The topological polar surface area (TPSA) is 88.1 Å². The van der Waals surface area contributed by atoms with Crippen LogP contribution in [0.15, 0.2) is 0 Å². The van der Waals surface area contributed by atoms with Crippen LogP contribution in [0.25, 0.3) is 0 Å². The second-order valence-electron chi connectivity index (χ2n) is 6.19. The summed E-state index contributed by atoms with van der Waals surface area (Å²) in [6.07, 6.45) is -2.37. The Morgan fingerprint density at radius 2 is 1.48 bits per heavy atom. The van der Waals surface area contributed by atoms with Crippen molar-refractivity contribution in [3.63, 3.8) is 0 Å².